The van der Waals surface area contributed by atoms with Crippen LogP contribution in [0, 0.1) is 5.82 Å². The molecule has 1 aromatic rings. The molecule has 0 amide bonds. The monoisotopic (exact) mass is 284 g/mol. The summed E-state index contributed by atoms with van der Waals surface area (Å²) >= 11 is 0. The summed E-state index contributed by atoms with van der Waals surface area (Å²) in [4.78, 5) is 22.6. The average molecular weight is 284 g/mol. The Morgan fingerprint density at radius 1 is 1.15 bits per heavy atom. The summed E-state index contributed by atoms with van der Waals surface area (Å²) in [6.45, 7) is 0. The van der Waals surface area contributed by atoms with Gasteiger partial charge in [0, 0.05) is 6.07 Å². The summed E-state index contributed by atoms with van der Waals surface area (Å²) in [5.74, 6) is -2.78. The van der Waals surface area contributed by atoms with Crippen LogP contribution in [0.1, 0.15) is 0 Å². The summed E-state index contributed by atoms with van der Waals surface area (Å²) in [7, 11) is 3.57. The van der Waals surface area contributed by atoms with Crippen LogP contribution in [-0.4, -0.2) is 33.3 Å². The van der Waals surface area contributed by atoms with Crippen LogP contribution in [0.2, 0.25) is 0 Å². The predicted molar refractivity (Wildman–Crippen MR) is 65.7 cm³/mol. The van der Waals surface area contributed by atoms with E-state index in [-0.39, 0.29) is 11.5 Å². The first kappa shape index (κ1) is 15.5. The molecule has 0 aliphatic heterocycles. The van der Waals surface area contributed by atoms with E-state index < -0.39 is 23.5 Å². The molecule has 0 saturated heterocycles. The number of benzene rings is 1. The molecule has 0 heterocycles. The number of esters is 2. The van der Waals surface area contributed by atoms with Crippen molar-refractivity contribution in [3.8, 4) is 11.5 Å². The zero-order valence-corrected chi connectivity index (χ0v) is 11.1. The molecule has 0 aliphatic rings. The van der Waals surface area contributed by atoms with Crippen LogP contribution < -0.4 is 9.47 Å². The quantitative estimate of drug-likeness (QED) is 0.463. The highest BCUT2D eigenvalue weighted by molar-refractivity contribution is 5.95. The van der Waals surface area contributed by atoms with E-state index in [1.807, 2.05) is 0 Å². The summed E-state index contributed by atoms with van der Waals surface area (Å²) in [6, 6.07) is 3.70. The van der Waals surface area contributed by atoms with E-state index in [0.29, 0.717) is 0 Å². The van der Waals surface area contributed by atoms with E-state index in [9.17, 15) is 14.0 Å². The van der Waals surface area contributed by atoms with Crippen molar-refractivity contribution in [2.75, 3.05) is 21.3 Å². The number of carbonyl (C=O) groups is 2. The van der Waals surface area contributed by atoms with Crippen molar-refractivity contribution in [3.63, 3.8) is 0 Å². The largest absolute Gasteiger partial charge is 0.494 e. The van der Waals surface area contributed by atoms with E-state index in [2.05, 4.69) is 9.47 Å². The van der Waals surface area contributed by atoms with Gasteiger partial charge in [0.05, 0.1) is 27.4 Å². The molecule has 20 heavy (non-hydrogen) atoms. The lowest BCUT2D eigenvalue weighted by Gasteiger charge is -2.09. The van der Waals surface area contributed by atoms with E-state index in [1.54, 1.807) is 0 Å². The number of rotatable bonds is 5. The lowest BCUT2D eigenvalue weighted by atomic mass is 10.3. The summed E-state index contributed by atoms with van der Waals surface area (Å²) in [6.07, 6.45) is 0.800. The maximum Gasteiger partial charge on any atom is 0.374 e. The second kappa shape index (κ2) is 7.13. The zero-order valence-electron chi connectivity index (χ0n) is 11.1. The molecule has 1 rings (SSSR count). The molecule has 7 heteroatoms. The van der Waals surface area contributed by atoms with Gasteiger partial charge in [0.25, 0.3) is 0 Å². The summed E-state index contributed by atoms with van der Waals surface area (Å²) in [5, 5.41) is 0. The van der Waals surface area contributed by atoms with Crippen molar-refractivity contribution < 1.29 is 32.9 Å². The van der Waals surface area contributed by atoms with Crippen molar-refractivity contribution in [3.05, 3.63) is 35.9 Å². The van der Waals surface area contributed by atoms with Crippen LogP contribution in [0.5, 0.6) is 11.5 Å². The van der Waals surface area contributed by atoms with Gasteiger partial charge in [-0.3, -0.25) is 0 Å². The van der Waals surface area contributed by atoms with Gasteiger partial charge in [-0.25, -0.2) is 14.0 Å². The number of ether oxygens (including phenoxy) is 4. The molecular weight excluding hydrogens is 271 g/mol. The van der Waals surface area contributed by atoms with Crippen LogP contribution in [0.4, 0.5) is 4.39 Å². The van der Waals surface area contributed by atoms with Gasteiger partial charge in [-0.05, 0) is 12.1 Å². The maximum atomic E-state index is 13.5. The Balaban J connectivity index is 3.01. The topological polar surface area (TPSA) is 71.1 Å². The van der Waals surface area contributed by atoms with E-state index in [1.165, 1.54) is 19.2 Å². The van der Waals surface area contributed by atoms with E-state index >= 15 is 0 Å². The molecule has 0 aliphatic carbocycles. The number of hydrogen-bond donors (Lipinski definition) is 0. The van der Waals surface area contributed by atoms with E-state index in [4.69, 9.17) is 9.47 Å². The molecule has 0 radical (unpaired) electrons. The highest BCUT2D eigenvalue weighted by Gasteiger charge is 2.16. The van der Waals surface area contributed by atoms with Crippen LogP contribution in [-0.2, 0) is 19.1 Å². The Hall–Kier alpha value is -2.57. The standard InChI is InChI=1S/C13H13FO6/c1-17-10-5-4-8(6-9(10)14)20-11(13(16)19-3)7-12(15)18-2/h4-7H,1-3H3/b11-7+. The first-order valence-electron chi connectivity index (χ1n) is 5.41. The van der Waals surface area contributed by atoms with Gasteiger partial charge in [-0.2, -0.15) is 0 Å². The van der Waals surface area contributed by atoms with Crippen molar-refractivity contribution in [1.29, 1.82) is 0 Å². The Morgan fingerprint density at radius 2 is 1.85 bits per heavy atom. The smallest absolute Gasteiger partial charge is 0.374 e. The van der Waals surface area contributed by atoms with Crippen molar-refractivity contribution >= 4 is 11.9 Å². The third-order valence-corrected chi connectivity index (χ3v) is 2.19. The molecule has 6 nitrogen and oxygen atoms in total. The average Bonchev–Trinajstić information content (AvgIpc) is 2.45. The first-order valence-corrected chi connectivity index (χ1v) is 5.41. The Kier molecular flexibility index (Phi) is 5.52. The number of hydrogen-bond acceptors (Lipinski definition) is 6. The van der Waals surface area contributed by atoms with Gasteiger partial charge in [-0.1, -0.05) is 0 Å². The molecule has 108 valence electrons. The fourth-order valence-electron chi connectivity index (χ4n) is 1.23. The van der Waals surface area contributed by atoms with Crippen LogP contribution in [0.25, 0.3) is 0 Å². The second-order valence-corrected chi connectivity index (χ2v) is 3.42. The minimum absolute atomic E-state index is 0.00357. The minimum Gasteiger partial charge on any atom is -0.494 e. The fourth-order valence-corrected chi connectivity index (χ4v) is 1.23. The van der Waals surface area contributed by atoms with Gasteiger partial charge in [0.15, 0.2) is 11.6 Å². The molecule has 0 fully saturated rings. The molecule has 1 aromatic carbocycles. The van der Waals surface area contributed by atoms with Gasteiger partial charge in [0.2, 0.25) is 5.76 Å². The van der Waals surface area contributed by atoms with Gasteiger partial charge in [0.1, 0.15) is 5.75 Å². The molecule has 0 saturated carbocycles. The normalized spacial score (nSPS) is 10.7. The van der Waals surface area contributed by atoms with Gasteiger partial charge in [-0.15, -0.1) is 0 Å². The van der Waals surface area contributed by atoms with Crippen LogP contribution in [0.15, 0.2) is 30.0 Å². The minimum atomic E-state index is -0.897. The molecule has 0 bridgehead atoms. The molecule has 0 aromatic heterocycles. The SMILES string of the molecule is COC(=O)/C=C(/Oc1ccc(OC)c(F)c1)C(=O)OC. The van der Waals surface area contributed by atoms with Gasteiger partial charge < -0.3 is 18.9 Å². The molecule has 0 N–H and O–H groups in total. The fraction of sp³-hybridized carbons (Fsp3) is 0.231. The first-order chi connectivity index (χ1) is 9.51. The van der Waals surface area contributed by atoms with Crippen molar-refractivity contribution in [2.24, 2.45) is 0 Å². The van der Waals surface area contributed by atoms with Crippen LogP contribution in [0.3, 0.4) is 0 Å². The summed E-state index contributed by atoms with van der Waals surface area (Å²) < 4.78 is 32.2. The molecule has 0 spiro atoms. The Morgan fingerprint density at radius 3 is 2.35 bits per heavy atom. The van der Waals surface area contributed by atoms with E-state index in [0.717, 1.165) is 26.4 Å². The number of methoxy groups -OCH3 is 3. The lowest BCUT2D eigenvalue weighted by molar-refractivity contribution is -0.140. The zero-order chi connectivity index (χ0) is 15.1. The highest BCUT2D eigenvalue weighted by atomic mass is 19.1. The maximum absolute atomic E-state index is 13.5. The second-order valence-electron chi connectivity index (χ2n) is 3.42. The molecular formula is C13H13FO6. The third kappa shape index (κ3) is 3.98. The van der Waals surface area contributed by atoms with Crippen molar-refractivity contribution in [1.82, 2.24) is 0 Å². The Labute approximate surface area is 114 Å². The highest BCUT2D eigenvalue weighted by Crippen LogP contribution is 2.23. The molecule has 0 atom stereocenters. The van der Waals surface area contributed by atoms with Crippen molar-refractivity contribution in [2.45, 2.75) is 0 Å². The van der Waals surface area contributed by atoms with Gasteiger partial charge >= 0.3 is 11.9 Å². The number of carbonyl (C=O) groups excluding carboxylic acids is 2. The van der Waals surface area contributed by atoms with Crippen LogP contribution >= 0.6 is 0 Å². The lowest BCUT2D eigenvalue weighted by Crippen LogP contribution is -2.13. The number of halogens is 1. The Bertz CT molecular complexity index is 538. The third-order valence-electron chi connectivity index (χ3n) is 2.19. The summed E-state index contributed by atoms with van der Waals surface area (Å²) in [5.41, 5.74) is 0. The predicted octanol–water partition coefficient (Wildman–Crippen LogP) is 1.44. The molecule has 0 unspecified atom stereocenters.